The molecule has 1 aromatic heterocycles. The second-order valence-electron chi connectivity index (χ2n) is 4.73. The van der Waals surface area contributed by atoms with Gasteiger partial charge in [-0.25, -0.2) is 4.39 Å². The number of halogens is 1. The Morgan fingerprint density at radius 3 is 2.80 bits per heavy atom. The first-order valence-electron chi connectivity index (χ1n) is 6.58. The van der Waals surface area contributed by atoms with E-state index in [-0.39, 0.29) is 11.9 Å². The molecule has 2 aromatic rings. The van der Waals surface area contributed by atoms with Crippen molar-refractivity contribution in [3.05, 3.63) is 41.8 Å². The van der Waals surface area contributed by atoms with E-state index in [4.69, 9.17) is 0 Å². The second-order valence-corrected chi connectivity index (χ2v) is 4.73. The Bertz CT molecular complexity index is 559. The molecule has 0 radical (unpaired) electrons. The molecule has 2 rings (SSSR count). The van der Waals surface area contributed by atoms with Gasteiger partial charge in [0.1, 0.15) is 5.82 Å². The van der Waals surface area contributed by atoms with E-state index >= 15 is 0 Å². The Labute approximate surface area is 117 Å². The molecular formula is C14H18FN5. The lowest BCUT2D eigenvalue weighted by atomic mass is 10.1. The van der Waals surface area contributed by atoms with E-state index in [0.717, 1.165) is 0 Å². The van der Waals surface area contributed by atoms with Gasteiger partial charge in [-0.1, -0.05) is 18.2 Å². The monoisotopic (exact) mass is 275 g/mol. The molecule has 5 nitrogen and oxygen atoms in total. The number of rotatable bonds is 6. The highest BCUT2D eigenvalue weighted by molar-refractivity contribution is 5.37. The number of anilines is 2. The summed E-state index contributed by atoms with van der Waals surface area (Å²) in [5, 5.41) is 13.9. The predicted octanol–water partition coefficient (Wildman–Crippen LogP) is 2.49. The Hall–Kier alpha value is -2.24. The molecule has 2 N–H and O–H groups in total. The fraction of sp³-hybridized carbons (Fsp3) is 0.357. The molecule has 0 bridgehead atoms. The van der Waals surface area contributed by atoms with E-state index in [2.05, 4.69) is 25.8 Å². The number of aromatic nitrogens is 3. The van der Waals surface area contributed by atoms with Crippen molar-refractivity contribution in [2.24, 2.45) is 0 Å². The largest absolute Gasteiger partial charge is 0.368 e. The first-order valence-corrected chi connectivity index (χ1v) is 6.58. The van der Waals surface area contributed by atoms with Gasteiger partial charge >= 0.3 is 0 Å². The van der Waals surface area contributed by atoms with Crippen molar-refractivity contribution in [3.8, 4) is 0 Å². The summed E-state index contributed by atoms with van der Waals surface area (Å²) in [6, 6.07) is 7.00. The summed E-state index contributed by atoms with van der Waals surface area (Å²) >= 11 is 0. The third-order valence-corrected chi connectivity index (χ3v) is 2.63. The van der Waals surface area contributed by atoms with Crippen LogP contribution in [0, 0.1) is 5.82 Å². The molecule has 0 amide bonds. The Balaban J connectivity index is 1.89. The first kappa shape index (κ1) is 14.2. The van der Waals surface area contributed by atoms with Gasteiger partial charge < -0.3 is 10.6 Å². The van der Waals surface area contributed by atoms with Crippen molar-refractivity contribution in [3.63, 3.8) is 0 Å². The minimum Gasteiger partial charge on any atom is -0.368 e. The molecule has 0 saturated carbocycles. The van der Waals surface area contributed by atoms with Crippen LogP contribution in [0.3, 0.4) is 0 Å². The van der Waals surface area contributed by atoms with Gasteiger partial charge in [-0.3, -0.25) is 0 Å². The molecule has 106 valence electrons. The standard InChI is InChI=1S/C14H18FN5/c1-10(2)18-14-19-13(9-17-20-14)16-8-7-11-5-3-4-6-12(11)15/h3-6,9-10H,7-8H2,1-2H3,(H2,16,18,19,20). The maximum atomic E-state index is 13.4. The number of nitrogens with zero attached hydrogens (tertiary/aromatic N) is 3. The highest BCUT2D eigenvalue weighted by Gasteiger charge is 2.03. The van der Waals surface area contributed by atoms with Gasteiger partial charge in [0.2, 0.25) is 5.95 Å². The van der Waals surface area contributed by atoms with Crippen LogP contribution in [-0.2, 0) is 6.42 Å². The number of benzene rings is 1. The summed E-state index contributed by atoms with van der Waals surface area (Å²) in [7, 11) is 0. The van der Waals surface area contributed by atoms with Gasteiger partial charge in [0, 0.05) is 12.6 Å². The normalized spacial score (nSPS) is 10.6. The molecule has 1 aromatic carbocycles. The van der Waals surface area contributed by atoms with Crippen LogP contribution in [0.5, 0.6) is 0 Å². The molecule has 0 fully saturated rings. The van der Waals surface area contributed by atoms with Crippen LogP contribution in [0.25, 0.3) is 0 Å². The maximum Gasteiger partial charge on any atom is 0.244 e. The highest BCUT2D eigenvalue weighted by Crippen LogP contribution is 2.08. The van der Waals surface area contributed by atoms with Crippen LogP contribution in [0.4, 0.5) is 16.2 Å². The van der Waals surface area contributed by atoms with Crippen LogP contribution >= 0.6 is 0 Å². The molecule has 6 heteroatoms. The number of hydrogen-bond acceptors (Lipinski definition) is 5. The third-order valence-electron chi connectivity index (χ3n) is 2.63. The predicted molar refractivity (Wildman–Crippen MR) is 77.2 cm³/mol. The van der Waals surface area contributed by atoms with E-state index in [1.165, 1.54) is 6.07 Å². The van der Waals surface area contributed by atoms with Crippen LogP contribution < -0.4 is 10.6 Å². The summed E-state index contributed by atoms with van der Waals surface area (Å²) in [5.41, 5.74) is 0.683. The van der Waals surface area contributed by atoms with E-state index in [1.54, 1.807) is 18.3 Å². The maximum absolute atomic E-state index is 13.4. The van der Waals surface area contributed by atoms with Crippen molar-refractivity contribution >= 4 is 11.8 Å². The lowest BCUT2D eigenvalue weighted by molar-refractivity contribution is 0.610. The SMILES string of the molecule is CC(C)Nc1nncc(NCCc2ccccc2F)n1. The van der Waals surface area contributed by atoms with Gasteiger partial charge in [0.25, 0.3) is 0 Å². The van der Waals surface area contributed by atoms with Gasteiger partial charge in [-0.05, 0) is 31.9 Å². The van der Waals surface area contributed by atoms with Crippen LogP contribution in [-0.4, -0.2) is 27.8 Å². The lowest BCUT2D eigenvalue weighted by Crippen LogP contribution is -2.15. The van der Waals surface area contributed by atoms with Crippen molar-refractivity contribution in [2.75, 3.05) is 17.2 Å². The van der Waals surface area contributed by atoms with Crippen molar-refractivity contribution < 1.29 is 4.39 Å². The molecule has 0 aliphatic carbocycles. The van der Waals surface area contributed by atoms with Gasteiger partial charge in [-0.15, -0.1) is 5.10 Å². The molecule has 0 atom stereocenters. The van der Waals surface area contributed by atoms with E-state index in [0.29, 0.717) is 30.3 Å². The van der Waals surface area contributed by atoms with Crippen LogP contribution in [0.15, 0.2) is 30.5 Å². The van der Waals surface area contributed by atoms with Gasteiger partial charge in [0.15, 0.2) is 5.82 Å². The highest BCUT2D eigenvalue weighted by atomic mass is 19.1. The Kier molecular flexibility index (Phi) is 4.81. The zero-order chi connectivity index (χ0) is 14.4. The molecule has 1 heterocycles. The summed E-state index contributed by atoms with van der Waals surface area (Å²) in [6.45, 7) is 4.59. The number of nitrogens with one attached hydrogen (secondary N) is 2. The van der Waals surface area contributed by atoms with Gasteiger partial charge in [0.05, 0.1) is 6.20 Å². The fourth-order valence-electron chi connectivity index (χ4n) is 1.73. The Morgan fingerprint density at radius 2 is 2.05 bits per heavy atom. The topological polar surface area (TPSA) is 62.7 Å². The molecule has 20 heavy (non-hydrogen) atoms. The van der Waals surface area contributed by atoms with Crippen LogP contribution in [0.1, 0.15) is 19.4 Å². The summed E-state index contributed by atoms with van der Waals surface area (Å²) in [6.07, 6.45) is 2.14. The number of hydrogen-bond donors (Lipinski definition) is 2. The summed E-state index contributed by atoms with van der Waals surface area (Å²) in [4.78, 5) is 4.28. The Morgan fingerprint density at radius 1 is 1.25 bits per heavy atom. The molecule has 0 spiro atoms. The fourth-order valence-corrected chi connectivity index (χ4v) is 1.73. The van der Waals surface area contributed by atoms with E-state index in [1.807, 2.05) is 19.9 Å². The summed E-state index contributed by atoms with van der Waals surface area (Å²) in [5.74, 6) is 0.924. The summed E-state index contributed by atoms with van der Waals surface area (Å²) < 4.78 is 13.4. The van der Waals surface area contributed by atoms with E-state index in [9.17, 15) is 4.39 Å². The molecular weight excluding hydrogens is 257 g/mol. The average molecular weight is 275 g/mol. The third kappa shape index (κ3) is 4.15. The van der Waals surface area contributed by atoms with Gasteiger partial charge in [-0.2, -0.15) is 10.1 Å². The molecule has 0 aliphatic heterocycles. The lowest BCUT2D eigenvalue weighted by Gasteiger charge is -2.09. The zero-order valence-electron chi connectivity index (χ0n) is 11.6. The minimum atomic E-state index is -0.183. The quantitative estimate of drug-likeness (QED) is 0.848. The van der Waals surface area contributed by atoms with E-state index < -0.39 is 0 Å². The molecule has 0 unspecified atom stereocenters. The van der Waals surface area contributed by atoms with Crippen molar-refractivity contribution in [1.29, 1.82) is 0 Å². The molecule has 0 saturated heterocycles. The second kappa shape index (κ2) is 6.79. The molecule has 0 aliphatic rings. The van der Waals surface area contributed by atoms with Crippen molar-refractivity contribution in [2.45, 2.75) is 26.3 Å². The average Bonchev–Trinajstić information content (AvgIpc) is 2.41. The van der Waals surface area contributed by atoms with Crippen molar-refractivity contribution in [1.82, 2.24) is 15.2 Å². The smallest absolute Gasteiger partial charge is 0.244 e. The zero-order valence-corrected chi connectivity index (χ0v) is 11.6. The van der Waals surface area contributed by atoms with Crippen LogP contribution in [0.2, 0.25) is 0 Å². The first-order chi connectivity index (χ1) is 9.65. The minimum absolute atomic E-state index is 0.183.